The average Bonchev–Trinajstić information content (AvgIpc) is 2.86. The van der Waals surface area contributed by atoms with E-state index in [-0.39, 0.29) is 18.1 Å². The molecule has 1 amide bonds. The van der Waals surface area contributed by atoms with Gasteiger partial charge in [0.25, 0.3) is 0 Å². The van der Waals surface area contributed by atoms with Gasteiger partial charge in [-0.25, -0.2) is 19.7 Å². The monoisotopic (exact) mass is 359 g/mol. The summed E-state index contributed by atoms with van der Waals surface area (Å²) in [6.45, 7) is 1.03. The summed E-state index contributed by atoms with van der Waals surface area (Å²) < 4.78 is 5.98. The summed E-state index contributed by atoms with van der Waals surface area (Å²) in [4.78, 5) is 29.2. The molecule has 2 fully saturated rings. The molecule has 0 spiro atoms. The van der Waals surface area contributed by atoms with Gasteiger partial charge in [0.1, 0.15) is 17.8 Å². The van der Waals surface area contributed by atoms with Gasteiger partial charge in [-0.15, -0.1) is 0 Å². The maximum Gasteiger partial charge on any atom is 0.407 e. The standard InChI is InChI=1S/C16H17N5O3S/c1-25-15-18-9-4-5-17-14-12(9)13(19-15)20-6-8-2-3-10(11(20)7-24-14)21(8)16(22)23/h4-5,8,10-11H,2-3,6-7H2,1H3,(H,22,23). The van der Waals surface area contributed by atoms with E-state index in [4.69, 9.17) is 9.72 Å². The second kappa shape index (κ2) is 5.35. The average molecular weight is 359 g/mol. The number of nitrogens with zero attached hydrogens (tertiary/aromatic N) is 5. The van der Waals surface area contributed by atoms with Gasteiger partial charge in [-0.05, 0) is 25.2 Å². The van der Waals surface area contributed by atoms with Gasteiger partial charge in [0, 0.05) is 12.7 Å². The molecule has 2 aromatic rings. The highest BCUT2D eigenvalue weighted by molar-refractivity contribution is 7.98. The van der Waals surface area contributed by atoms with Crippen molar-refractivity contribution in [1.29, 1.82) is 0 Å². The fraction of sp³-hybridized carbons (Fsp3) is 0.500. The van der Waals surface area contributed by atoms with E-state index in [1.54, 1.807) is 11.1 Å². The SMILES string of the molecule is CSc1nc2c3c(nccc3n1)OCC1C3CCC(CN21)N3C(=O)O. The lowest BCUT2D eigenvalue weighted by Gasteiger charge is -2.45. The molecule has 0 aliphatic carbocycles. The summed E-state index contributed by atoms with van der Waals surface area (Å²) >= 11 is 1.50. The van der Waals surface area contributed by atoms with Gasteiger partial charge in [0.15, 0.2) is 5.16 Å². The molecule has 8 nitrogen and oxygen atoms in total. The Kier molecular flexibility index (Phi) is 3.21. The van der Waals surface area contributed by atoms with Gasteiger partial charge in [-0.1, -0.05) is 11.8 Å². The van der Waals surface area contributed by atoms with E-state index < -0.39 is 6.09 Å². The van der Waals surface area contributed by atoms with E-state index in [1.165, 1.54) is 11.8 Å². The fourth-order valence-corrected chi connectivity index (χ4v) is 4.73. The Bertz CT molecular complexity index is 878. The lowest BCUT2D eigenvalue weighted by Crippen LogP contribution is -2.62. The molecule has 1 N–H and O–H groups in total. The molecule has 2 saturated heterocycles. The number of hydrogen-bond acceptors (Lipinski definition) is 7. The number of piperazine rings is 1. The number of fused-ring (bicyclic) bond motifs is 5. The molecule has 130 valence electrons. The van der Waals surface area contributed by atoms with Crippen LogP contribution < -0.4 is 9.64 Å². The molecular formula is C16H17N5O3S. The van der Waals surface area contributed by atoms with Gasteiger partial charge in [0.05, 0.1) is 23.6 Å². The van der Waals surface area contributed by atoms with Crippen molar-refractivity contribution in [1.82, 2.24) is 19.9 Å². The van der Waals surface area contributed by atoms with Gasteiger partial charge in [0.2, 0.25) is 5.88 Å². The lowest BCUT2D eigenvalue weighted by atomic mass is 10.0. The molecule has 3 atom stereocenters. The second-order valence-corrected chi connectivity index (χ2v) is 7.34. The molecule has 2 aromatic heterocycles. The Morgan fingerprint density at radius 2 is 2.24 bits per heavy atom. The first-order valence-electron chi connectivity index (χ1n) is 8.29. The number of carbonyl (C=O) groups is 1. The predicted octanol–water partition coefficient (Wildman–Crippen LogP) is 1.84. The number of carboxylic acid groups (broad SMARTS) is 1. The maximum absolute atomic E-state index is 11.7. The highest BCUT2D eigenvalue weighted by atomic mass is 32.2. The molecule has 9 heteroatoms. The van der Waals surface area contributed by atoms with Crippen LogP contribution in [0.25, 0.3) is 10.9 Å². The number of thioether (sulfide) groups is 1. The zero-order valence-electron chi connectivity index (χ0n) is 13.6. The normalized spacial score (nSPS) is 27.0. The number of anilines is 1. The smallest absolute Gasteiger partial charge is 0.407 e. The molecule has 0 aromatic carbocycles. The van der Waals surface area contributed by atoms with Crippen LogP contribution in [0.15, 0.2) is 17.4 Å². The quantitative estimate of drug-likeness (QED) is 0.609. The highest BCUT2D eigenvalue weighted by Gasteiger charge is 2.50. The van der Waals surface area contributed by atoms with Crippen molar-refractivity contribution in [3.05, 3.63) is 12.3 Å². The van der Waals surface area contributed by atoms with Crippen molar-refractivity contribution in [3.63, 3.8) is 0 Å². The van der Waals surface area contributed by atoms with E-state index in [9.17, 15) is 9.90 Å². The van der Waals surface area contributed by atoms with Crippen molar-refractivity contribution < 1.29 is 14.6 Å². The minimum absolute atomic E-state index is 0.000263. The molecule has 2 bridgehead atoms. The number of amides is 1. The van der Waals surface area contributed by atoms with Gasteiger partial charge >= 0.3 is 6.09 Å². The first kappa shape index (κ1) is 15.0. The summed E-state index contributed by atoms with van der Waals surface area (Å²) in [5, 5.41) is 11.1. The van der Waals surface area contributed by atoms with Crippen molar-refractivity contribution in [2.24, 2.45) is 0 Å². The fourth-order valence-electron chi connectivity index (χ4n) is 4.37. The van der Waals surface area contributed by atoms with Crippen molar-refractivity contribution >= 4 is 34.6 Å². The van der Waals surface area contributed by atoms with Crippen molar-refractivity contribution in [2.45, 2.75) is 36.1 Å². The number of pyridine rings is 1. The Morgan fingerprint density at radius 1 is 1.36 bits per heavy atom. The zero-order valence-corrected chi connectivity index (χ0v) is 14.4. The van der Waals surface area contributed by atoms with Crippen molar-refractivity contribution in [3.8, 4) is 5.88 Å². The van der Waals surface area contributed by atoms with Crippen LogP contribution in [0.2, 0.25) is 0 Å². The van der Waals surface area contributed by atoms with Crippen LogP contribution in [0.5, 0.6) is 5.88 Å². The van der Waals surface area contributed by atoms with Gasteiger partial charge in [-0.3, -0.25) is 4.90 Å². The molecule has 25 heavy (non-hydrogen) atoms. The number of aromatic nitrogens is 3. The maximum atomic E-state index is 11.7. The Labute approximate surface area is 148 Å². The number of hydrogen-bond donors (Lipinski definition) is 1. The van der Waals surface area contributed by atoms with E-state index in [2.05, 4.69) is 14.9 Å². The van der Waals surface area contributed by atoms with Crippen LogP contribution >= 0.6 is 11.8 Å². The molecule has 5 rings (SSSR count). The highest BCUT2D eigenvalue weighted by Crippen LogP contribution is 2.42. The second-order valence-electron chi connectivity index (χ2n) is 6.56. The molecule has 3 unspecified atom stereocenters. The molecule has 5 heterocycles. The third-order valence-corrected chi connectivity index (χ3v) is 5.95. The third-order valence-electron chi connectivity index (χ3n) is 5.40. The minimum atomic E-state index is -0.843. The topological polar surface area (TPSA) is 91.7 Å². The molecular weight excluding hydrogens is 342 g/mol. The summed E-state index contributed by atoms with van der Waals surface area (Å²) in [6, 6.07) is 1.74. The van der Waals surface area contributed by atoms with Crippen LogP contribution in [0, 0.1) is 0 Å². The summed E-state index contributed by atoms with van der Waals surface area (Å²) in [7, 11) is 0. The number of rotatable bonds is 1. The summed E-state index contributed by atoms with van der Waals surface area (Å²) in [5.74, 6) is 1.36. The Morgan fingerprint density at radius 3 is 3.04 bits per heavy atom. The molecule has 0 radical (unpaired) electrons. The Hall–Kier alpha value is -2.29. The minimum Gasteiger partial charge on any atom is -0.475 e. The van der Waals surface area contributed by atoms with Crippen LogP contribution in [0.1, 0.15) is 12.8 Å². The third kappa shape index (κ3) is 2.08. The van der Waals surface area contributed by atoms with Crippen LogP contribution in [-0.4, -0.2) is 68.6 Å². The van der Waals surface area contributed by atoms with Crippen LogP contribution in [-0.2, 0) is 0 Å². The van der Waals surface area contributed by atoms with E-state index in [0.29, 0.717) is 24.2 Å². The molecule has 3 aliphatic heterocycles. The van der Waals surface area contributed by atoms with Crippen LogP contribution in [0.3, 0.4) is 0 Å². The lowest BCUT2D eigenvalue weighted by molar-refractivity contribution is 0.0908. The van der Waals surface area contributed by atoms with Crippen LogP contribution in [0.4, 0.5) is 10.6 Å². The predicted molar refractivity (Wildman–Crippen MR) is 92.4 cm³/mol. The van der Waals surface area contributed by atoms with Gasteiger partial charge < -0.3 is 14.7 Å². The molecule has 0 saturated carbocycles. The largest absolute Gasteiger partial charge is 0.475 e. The summed E-state index contributed by atoms with van der Waals surface area (Å²) in [6.07, 6.45) is 4.54. The van der Waals surface area contributed by atoms with E-state index in [1.807, 2.05) is 12.3 Å². The van der Waals surface area contributed by atoms with E-state index >= 15 is 0 Å². The first-order valence-corrected chi connectivity index (χ1v) is 9.51. The first-order chi connectivity index (χ1) is 12.2. The van der Waals surface area contributed by atoms with Crippen molar-refractivity contribution in [2.75, 3.05) is 24.3 Å². The number of ether oxygens (including phenoxy) is 1. The molecule has 3 aliphatic rings. The van der Waals surface area contributed by atoms with Gasteiger partial charge in [-0.2, -0.15) is 0 Å². The zero-order chi connectivity index (χ0) is 17.1. The van der Waals surface area contributed by atoms with E-state index in [0.717, 1.165) is 29.6 Å². The summed E-state index contributed by atoms with van der Waals surface area (Å²) in [5.41, 5.74) is 0.813. The Balaban J connectivity index is 1.69.